The summed E-state index contributed by atoms with van der Waals surface area (Å²) < 4.78 is 32.5. The van der Waals surface area contributed by atoms with Crippen LogP contribution >= 0.6 is 0 Å². The number of β-amino-alcohol motifs (C(OH)–C–C–N with tert-alkyl or cyclic N) is 1. The van der Waals surface area contributed by atoms with E-state index in [2.05, 4.69) is 0 Å². The fourth-order valence-corrected chi connectivity index (χ4v) is 5.51. The highest BCUT2D eigenvalue weighted by Gasteiger charge is 2.44. The van der Waals surface area contributed by atoms with Crippen LogP contribution in [0.2, 0.25) is 0 Å². The molecule has 1 aromatic rings. The van der Waals surface area contributed by atoms with Gasteiger partial charge in [-0.2, -0.15) is 4.31 Å². The minimum absolute atomic E-state index is 0.0577. The summed E-state index contributed by atoms with van der Waals surface area (Å²) in [7, 11) is -4.00. The van der Waals surface area contributed by atoms with Crippen molar-refractivity contribution in [1.29, 1.82) is 0 Å². The Hall–Kier alpha value is -1.97. The lowest BCUT2D eigenvalue weighted by molar-refractivity contribution is -0.154. The number of aryl methyl sites for hydroxylation is 2. The predicted molar refractivity (Wildman–Crippen MR) is 115 cm³/mol. The van der Waals surface area contributed by atoms with E-state index in [9.17, 15) is 23.1 Å². The van der Waals surface area contributed by atoms with Crippen LogP contribution in [0.1, 0.15) is 43.7 Å². The van der Waals surface area contributed by atoms with Crippen molar-refractivity contribution in [2.45, 2.75) is 63.5 Å². The van der Waals surface area contributed by atoms with Crippen molar-refractivity contribution < 1.29 is 27.9 Å². The summed E-state index contributed by atoms with van der Waals surface area (Å²) in [5.41, 5.74) is 1.77. The average Bonchev–Trinajstić information content (AvgIpc) is 3.45. The molecule has 1 N–H and O–H groups in total. The van der Waals surface area contributed by atoms with Crippen molar-refractivity contribution in [3.63, 3.8) is 0 Å². The molecule has 0 bridgehead atoms. The molecule has 1 aromatic carbocycles. The van der Waals surface area contributed by atoms with Gasteiger partial charge in [0.25, 0.3) is 5.91 Å². The van der Waals surface area contributed by atoms with Crippen molar-refractivity contribution in [1.82, 2.24) is 9.21 Å². The van der Waals surface area contributed by atoms with E-state index in [1.165, 1.54) is 6.07 Å². The fraction of sp³-hybridized carbons (Fsp3) is 0.636. The maximum absolute atomic E-state index is 13.2. The molecule has 9 heteroatoms. The van der Waals surface area contributed by atoms with Crippen LogP contribution in [0.25, 0.3) is 0 Å². The predicted octanol–water partition coefficient (Wildman–Crippen LogP) is 1.62. The molecule has 8 nitrogen and oxygen atoms in total. The maximum atomic E-state index is 13.2. The topological polar surface area (TPSA) is 104 Å². The highest BCUT2D eigenvalue weighted by Crippen LogP contribution is 2.30. The SMILES string of the molecule is CCCN(CC1CC1)C(=O)COC(=O)C1CC(O)CN1S(=O)(=O)c1ccc(C)c(C)c1. The minimum atomic E-state index is -4.00. The van der Waals surface area contributed by atoms with Crippen LogP contribution in [-0.4, -0.2) is 73.0 Å². The Bertz CT molecular complexity index is 928. The van der Waals surface area contributed by atoms with Gasteiger partial charge in [-0.3, -0.25) is 9.59 Å². The molecule has 1 saturated carbocycles. The number of carbonyl (C=O) groups excluding carboxylic acids is 2. The van der Waals surface area contributed by atoms with Crippen LogP contribution in [0.3, 0.4) is 0 Å². The zero-order valence-corrected chi connectivity index (χ0v) is 19.2. The summed E-state index contributed by atoms with van der Waals surface area (Å²) in [5.74, 6) is -0.556. The highest BCUT2D eigenvalue weighted by molar-refractivity contribution is 7.89. The first-order valence-corrected chi connectivity index (χ1v) is 12.3. The number of carbonyl (C=O) groups is 2. The molecule has 2 fully saturated rings. The number of hydrogen-bond acceptors (Lipinski definition) is 6. The van der Waals surface area contributed by atoms with E-state index in [4.69, 9.17) is 4.74 Å². The third-order valence-corrected chi connectivity index (χ3v) is 7.82. The summed E-state index contributed by atoms with van der Waals surface area (Å²) in [6.45, 7) is 6.33. The number of amides is 1. The van der Waals surface area contributed by atoms with Gasteiger partial charge in [0.1, 0.15) is 6.04 Å². The molecule has 0 radical (unpaired) electrons. The van der Waals surface area contributed by atoms with Crippen molar-refractivity contribution >= 4 is 21.9 Å². The van der Waals surface area contributed by atoms with Crippen LogP contribution in [0.5, 0.6) is 0 Å². The van der Waals surface area contributed by atoms with E-state index in [1.54, 1.807) is 17.0 Å². The van der Waals surface area contributed by atoms with Gasteiger partial charge in [0.2, 0.25) is 10.0 Å². The van der Waals surface area contributed by atoms with Crippen LogP contribution in [-0.2, 0) is 24.3 Å². The lowest BCUT2D eigenvalue weighted by Crippen LogP contribution is -2.43. The number of hydrogen-bond donors (Lipinski definition) is 1. The smallest absolute Gasteiger partial charge is 0.325 e. The highest BCUT2D eigenvalue weighted by atomic mass is 32.2. The Morgan fingerprint density at radius 2 is 1.94 bits per heavy atom. The molecule has 1 aliphatic carbocycles. The second-order valence-electron chi connectivity index (χ2n) is 8.62. The molecule has 31 heavy (non-hydrogen) atoms. The standard InChI is InChI=1S/C22H32N2O6S/c1-4-9-23(12-17-6-7-17)21(26)14-30-22(27)20-11-18(25)13-24(20)31(28,29)19-8-5-15(2)16(3)10-19/h5,8,10,17-18,20,25H,4,6-7,9,11-14H2,1-3H3. The summed E-state index contributed by atoms with van der Waals surface area (Å²) >= 11 is 0. The van der Waals surface area contributed by atoms with E-state index < -0.39 is 34.7 Å². The van der Waals surface area contributed by atoms with Gasteiger partial charge in [-0.1, -0.05) is 13.0 Å². The molecule has 2 unspecified atom stereocenters. The van der Waals surface area contributed by atoms with Crippen LogP contribution in [0.4, 0.5) is 0 Å². The number of nitrogens with zero attached hydrogens (tertiary/aromatic N) is 2. The van der Waals surface area contributed by atoms with Gasteiger partial charge >= 0.3 is 5.97 Å². The third kappa shape index (κ3) is 5.64. The van der Waals surface area contributed by atoms with Gasteiger partial charge in [-0.25, -0.2) is 8.42 Å². The van der Waals surface area contributed by atoms with Crippen LogP contribution < -0.4 is 0 Å². The molecular weight excluding hydrogens is 420 g/mol. The number of benzene rings is 1. The second-order valence-corrected chi connectivity index (χ2v) is 10.5. The minimum Gasteiger partial charge on any atom is -0.454 e. The Morgan fingerprint density at radius 1 is 1.23 bits per heavy atom. The van der Waals surface area contributed by atoms with E-state index in [-0.39, 0.29) is 23.8 Å². The normalized spacial score (nSPS) is 21.8. The summed E-state index contributed by atoms with van der Waals surface area (Å²) in [5, 5.41) is 10.1. The summed E-state index contributed by atoms with van der Waals surface area (Å²) in [6.07, 6.45) is 2.00. The van der Waals surface area contributed by atoms with Crippen LogP contribution in [0.15, 0.2) is 23.1 Å². The first kappa shape index (κ1) is 23.7. The maximum Gasteiger partial charge on any atom is 0.325 e. The van der Waals surface area contributed by atoms with E-state index in [0.717, 1.165) is 34.7 Å². The van der Waals surface area contributed by atoms with Crippen molar-refractivity contribution in [3.8, 4) is 0 Å². The quantitative estimate of drug-likeness (QED) is 0.571. The van der Waals surface area contributed by atoms with Gasteiger partial charge < -0.3 is 14.7 Å². The Morgan fingerprint density at radius 3 is 2.55 bits per heavy atom. The molecule has 1 amide bonds. The lowest BCUT2D eigenvalue weighted by atomic mass is 10.1. The van der Waals surface area contributed by atoms with E-state index in [0.29, 0.717) is 19.0 Å². The Balaban J connectivity index is 1.68. The molecule has 0 aromatic heterocycles. The van der Waals surface area contributed by atoms with Crippen molar-refractivity contribution in [3.05, 3.63) is 29.3 Å². The molecule has 0 spiro atoms. The molecule has 172 valence electrons. The van der Waals surface area contributed by atoms with E-state index in [1.807, 2.05) is 20.8 Å². The number of esters is 1. The second kappa shape index (κ2) is 9.67. The monoisotopic (exact) mass is 452 g/mol. The summed E-state index contributed by atoms with van der Waals surface area (Å²) in [6, 6.07) is 3.61. The largest absolute Gasteiger partial charge is 0.454 e. The van der Waals surface area contributed by atoms with E-state index >= 15 is 0 Å². The average molecular weight is 453 g/mol. The number of sulfonamides is 1. The third-order valence-electron chi connectivity index (χ3n) is 5.95. The Kier molecular flexibility index (Phi) is 7.39. The molecule has 1 aliphatic heterocycles. The zero-order valence-electron chi connectivity index (χ0n) is 18.4. The van der Waals surface area contributed by atoms with Gasteiger partial charge in [0.15, 0.2) is 6.61 Å². The lowest BCUT2D eigenvalue weighted by Gasteiger charge is -2.24. The summed E-state index contributed by atoms with van der Waals surface area (Å²) in [4.78, 5) is 27.0. The van der Waals surface area contributed by atoms with Gasteiger partial charge in [-0.15, -0.1) is 0 Å². The molecule has 2 atom stereocenters. The molecule has 3 rings (SSSR count). The zero-order chi connectivity index (χ0) is 22.8. The first-order chi connectivity index (χ1) is 14.6. The van der Waals surface area contributed by atoms with Crippen molar-refractivity contribution in [2.75, 3.05) is 26.2 Å². The molecule has 1 heterocycles. The van der Waals surface area contributed by atoms with Gasteiger partial charge in [0.05, 0.1) is 11.0 Å². The molecule has 2 aliphatic rings. The van der Waals surface area contributed by atoms with Crippen molar-refractivity contribution in [2.24, 2.45) is 5.92 Å². The number of rotatable bonds is 9. The first-order valence-electron chi connectivity index (χ1n) is 10.8. The molecule has 1 saturated heterocycles. The number of ether oxygens (including phenoxy) is 1. The Labute approximate surface area is 184 Å². The fourth-order valence-electron chi connectivity index (χ4n) is 3.79. The van der Waals surface area contributed by atoms with Gasteiger partial charge in [0, 0.05) is 26.1 Å². The molecular formula is C22H32N2O6S. The number of aliphatic hydroxyl groups excluding tert-OH is 1. The number of aliphatic hydroxyl groups is 1. The van der Waals surface area contributed by atoms with Gasteiger partial charge in [-0.05, 0) is 62.3 Å². The van der Waals surface area contributed by atoms with Crippen LogP contribution in [0, 0.1) is 19.8 Å².